The van der Waals surface area contributed by atoms with Gasteiger partial charge in [-0.1, -0.05) is 30.3 Å². The minimum absolute atomic E-state index is 0.0720. The SMILES string of the molecule is CC(O)(CNC(=O)COc1ccc(F)cc1)c1ccccc1. The van der Waals surface area contributed by atoms with Gasteiger partial charge >= 0.3 is 0 Å². The maximum Gasteiger partial charge on any atom is 0.258 e. The fourth-order valence-corrected chi connectivity index (χ4v) is 1.90. The van der Waals surface area contributed by atoms with Crippen molar-refractivity contribution in [3.05, 3.63) is 66.0 Å². The number of rotatable bonds is 6. The van der Waals surface area contributed by atoms with E-state index in [-0.39, 0.29) is 24.9 Å². The number of aliphatic hydroxyl groups is 1. The molecule has 2 aromatic carbocycles. The Balaban J connectivity index is 1.81. The summed E-state index contributed by atoms with van der Waals surface area (Å²) in [7, 11) is 0. The number of nitrogens with one attached hydrogen (secondary N) is 1. The average Bonchev–Trinajstić information content (AvgIpc) is 2.53. The van der Waals surface area contributed by atoms with E-state index in [4.69, 9.17) is 4.74 Å². The van der Waals surface area contributed by atoms with Gasteiger partial charge < -0.3 is 15.2 Å². The molecule has 0 fully saturated rings. The van der Waals surface area contributed by atoms with Crippen LogP contribution in [0.1, 0.15) is 12.5 Å². The number of hydrogen-bond donors (Lipinski definition) is 2. The van der Waals surface area contributed by atoms with Crippen LogP contribution in [0.25, 0.3) is 0 Å². The Bertz CT molecular complexity index is 612. The molecule has 2 N–H and O–H groups in total. The third-order valence-electron chi connectivity index (χ3n) is 3.21. The van der Waals surface area contributed by atoms with Crippen molar-refractivity contribution in [2.45, 2.75) is 12.5 Å². The standard InChI is InChI=1S/C17H18FNO3/c1-17(21,13-5-3-2-4-6-13)12-19-16(20)11-22-15-9-7-14(18)8-10-15/h2-10,21H,11-12H2,1H3,(H,19,20). The molecule has 1 atom stereocenters. The van der Waals surface area contributed by atoms with Crippen molar-refractivity contribution in [2.75, 3.05) is 13.2 Å². The molecule has 116 valence electrons. The Morgan fingerprint density at radius 1 is 1.18 bits per heavy atom. The normalized spacial score (nSPS) is 13.2. The molecule has 0 aliphatic rings. The Morgan fingerprint density at radius 3 is 2.45 bits per heavy atom. The van der Waals surface area contributed by atoms with Gasteiger partial charge in [-0.3, -0.25) is 4.79 Å². The lowest BCUT2D eigenvalue weighted by Gasteiger charge is -2.24. The van der Waals surface area contributed by atoms with Crippen LogP contribution >= 0.6 is 0 Å². The van der Waals surface area contributed by atoms with Crippen molar-refractivity contribution in [1.82, 2.24) is 5.32 Å². The first-order chi connectivity index (χ1) is 10.5. The maximum absolute atomic E-state index is 12.7. The first kappa shape index (κ1) is 16.0. The van der Waals surface area contributed by atoms with Crippen molar-refractivity contribution < 1.29 is 19.0 Å². The minimum atomic E-state index is -1.16. The Morgan fingerprint density at radius 2 is 1.82 bits per heavy atom. The summed E-state index contributed by atoms with van der Waals surface area (Å²) >= 11 is 0. The highest BCUT2D eigenvalue weighted by Crippen LogP contribution is 2.18. The van der Waals surface area contributed by atoms with Crippen molar-refractivity contribution in [3.63, 3.8) is 0 Å². The first-order valence-corrected chi connectivity index (χ1v) is 6.90. The average molecular weight is 303 g/mol. The van der Waals surface area contributed by atoms with Gasteiger partial charge in [0.1, 0.15) is 17.2 Å². The zero-order chi connectivity index (χ0) is 16.0. The van der Waals surface area contributed by atoms with Gasteiger partial charge in [0.05, 0.1) is 6.54 Å². The molecule has 0 bridgehead atoms. The largest absolute Gasteiger partial charge is 0.484 e. The molecular formula is C17H18FNO3. The second kappa shape index (κ2) is 7.04. The number of halogens is 1. The van der Waals surface area contributed by atoms with Gasteiger partial charge in [0, 0.05) is 0 Å². The monoisotopic (exact) mass is 303 g/mol. The minimum Gasteiger partial charge on any atom is -0.484 e. The molecule has 2 aromatic rings. The van der Waals surface area contributed by atoms with E-state index in [1.54, 1.807) is 19.1 Å². The molecule has 1 unspecified atom stereocenters. The van der Waals surface area contributed by atoms with Gasteiger partial charge in [-0.15, -0.1) is 0 Å². The summed E-state index contributed by atoms with van der Waals surface area (Å²) in [6.07, 6.45) is 0. The summed E-state index contributed by atoms with van der Waals surface area (Å²) in [6, 6.07) is 14.5. The topological polar surface area (TPSA) is 58.6 Å². The van der Waals surface area contributed by atoms with Crippen LogP contribution in [-0.4, -0.2) is 24.2 Å². The van der Waals surface area contributed by atoms with E-state index < -0.39 is 5.60 Å². The van der Waals surface area contributed by atoms with Gasteiger partial charge in [0.25, 0.3) is 5.91 Å². The van der Waals surface area contributed by atoms with Gasteiger partial charge in [0.15, 0.2) is 6.61 Å². The maximum atomic E-state index is 12.7. The lowest BCUT2D eigenvalue weighted by atomic mass is 9.96. The summed E-state index contributed by atoms with van der Waals surface area (Å²) in [5.41, 5.74) is -0.443. The van der Waals surface area contributed by atoms with Crippen molar-refractivity contribution in [2.24, 2.45) is 0 Å². The molecule has 0 heterocycles. The van der Waals surface area contributed by atoms with Crippen LogP contribution < -0.4 is 10.1 Å². The molecule has 0 aliphatic carbocycles. The molecule has 0 spiro atoms. The lowest BCUT2D eigenvalue weighted by Crippen LogP contribution is -2.40. The number of benzene rings is 2. The summed E-state index contributed by atoms with van der Waals surface area (Å²) in [5.74, 6) is -0.317. The molecule has 0 radical (unpaired) electrons. The number of carbonyl (C=O) groups is 1. The van der Waals surface area contributed by atoms with E-state index in [9.17, 15) is 14.3 Å². The molecule has 0 aliphatic heterocycles. The van der Waals surface area contributed by atoms with E-state index >= 15 is 0 Å². The first-order valence-electron chi connectivity index (χ1n) is 6.90. The Labute approximate surface area is 128 Å². The Hall–Kier alpha value is -2.40. The second-order valence-corrected chi connectivity index (χ2v) is 5.16. The number of carbonyl (C=O) groups excluding carboxylic acids is 1. The molecule has 2 rings (SSSR count). The third kappa shape index (κ3) is 4.56. The zero-order valence-corrected chi connectivity index (χ0v) is 12.3. The lowest BCUT2D eigenvalue weighted by molar-refractivity contribution is -0.124. The van der Waals surface area contributed by atoms with Crippen molar-refractivity contribution >= 4 is 5.91 Å². The number of hydrogen-bond acceptors (Lipinski definition) is 3. The van der Waals surface area contributed by atoms with Crippen LogP contribution in [0.3, 0.4) is 0 Å². The van der Waals surface area contributed by atoms with Crippen LogP contribution in [0, 0.1) is 5.82 Å². The molecule has 22 heavy (non-hydrogen) atoms. The van der Waals surface area contributed by atoms with E-state index in [2.05, 4.69) is 5.32 Å². The van der Waals surface area contributed by atoms with Gasteiger partial charge in [0.2, 0.25) is 0 Å². The van der Waals surface area contributed by atoms with Crippen molar-refractivity contribution in [1.29, 1.82) is 0 Å². The predicted octanol–water partition coefficient (Wildman–Crippen LogP) is 2.23. The fraction of sp³-hybridized carbons (Fsp3) is 0.235. The van der Waals surface area contributed by atoms with Gasteiger partial charge in [-0.05, 0) is 36.8 Å². The highest BCUT2D eigenvalue weighted by molar-refractivity contribution is 5.77. The molecule has 4 nitrogen and oxygen atoms in total. The molecular weight excluding hydrogens is 285 g/mol. The van der Waals surface area contributed by atoms with Gasteiger partial charge in [-0.2, -0.15) is 0 Å². The van der Waals surface area contributed by atoms with Gasteiger partial charge in [-0.25, -0.2) is 4.39 Å². The van der Waals surface area contributed by atoms with Crippen molar-refractivity contribution in [3.8, 4) is 5.75 Å². The highest BCUT2D eigenvalue weighted by Gasteiger charge is 2.23. The molecule has 0 saturated carbocycles. The smallest absolute Gasteiger partial charge is 0.258 e. The summed E-state index contributed by atoms with van der Waals surface area (Å²) in [4.78, 5) is 11.7. The zero-order valence-electron chi connectivity index (χ0n) is 12.3. The summed E-state index contributed by atoms with van der Waals surface area (Å²) in [6.45, 7) is 1.50. The fourth-order valence-electron chi connectivity index (χ4n) is 1.90. The quantitative estimate of drug-likeness (QED) is 0.860. The van der Waals surface area contributed by atoms with Crippen LogP contribution in [0.4, 0.5) is 4.39 Å². The second-order valence-electron chi connectivity index (χ2n) is 5.16. The number of ether oxygens (including phenoxy) is 1. The van der Waals surface area contributed by atoms with E-state index in [0.29, 0.717) is 5.75 Å². The number of amides is 1. The molecule has 1 amide bonds. The van der Waals surface area contributed by atoms with Crippen LogP contribution in [-0.2, 0) is 10.4 Å². The Kier molecular flexibility index (Phi) is 5.12. The molecule has 0 saturated heterocycles. The van der Waals surface area contributed by atoms with E-state index in [1.807, 2.05) is 18.2 Å². The van der Waals surface area contributed by atoms with Crippen LogP contribution in [0.5, 0.6) is 5.75 Å². The van der Waals surface area contributed by atoms with Crippen LogP contribution in [0.2, 0.25) is 0 Å². The predicted molar refractivity (Wildman–Crippen MR) is 80.9 cm³/mol. The van der Waals surface area contributed by atoms with E-state index in [1.165, 1.54) is 24.3 Å². The summed E-state index contributed by atoms with van der Waals surface area (Å²) in [5, 5.41) is 13.0. The van der Waals surface area contributed by atoms with Crippen LogP contribution in [0.15, 0.2) is 54.6 Å². The highest BCUT2D eigenvalue weighted by atomic mass is 19.1. The molecule has 0 aromatic heterocycles. The third-order valence-corrected chi connectivity index (χ3v) is 3.21. The summed E-state index contributed by atoms with van der Waals surface area (Å²) < 4.78 is 18.0. The molecule has 5 heteroatoms. The van der Waals surface area contributed by atoms with E-state index in [0.717, 1.165) is 5.56 Å².